The number of carboxylic acid groups (broad SMARTS) is 1. The fourth-order valence-corrected chi connectivity index (χ4v) is 3.22. The minimum atomic E-state index is -1.12. The number of carboxylic acids is 1. The summed E-state index contributed by atoms with van der Waals surface area (Å²) in [4.78, 5) is 27.0. The largest absolute Gasteiger partial charge is 0.479 e. The Morgan fingerprint density at radius 3 is 2.72 bits per heavy atom. The number of benzene rings is 2. The molecule has 3 N–H and O–H groups in total. The molecule has 0 bridgehead atoms. The standard InChI is InChI=1S/C18H14BrClN2O3/c19-12-3-1-2-10(6-12)17(18(24)25)22-16(23)9-14-8-11-7-13(20)4-5-15(11)21-14/h1-8,17,21H,9H2,(H,22,23)(H,24,25). The van der Waals surface area contributed by atoms with Crippen molar-refractivity contribution in [2.45, 2.75) is 12.5 Å². The van der Waals surface area contributed by atoms with Crippen LogP contribution in [0.25, 0.3) is 10.9 Å². The number of aromatic amines is 1. The third kappa shape index (κ3) is 4.21. The molecule has 0 aliphatic carbocycles. The lowest BCUT2D eigenvalue weighted by molar-refractivity contribution is -0.142. The van der Waals surface area contributed by atoms with Gasteiger partial charge in [0.25, 0.3) is 0 Å². The van der Waals surface area contributed by atoms with Gasteiger partial charge in [0, 0.05) is 26.1 Å². The number of nitrogens with one attached hydrogen (secondary N) is 2. The van der Waals surface area contributed by atoms with Crippen LogP contribution in [0.2, 0.25) is 5.02 Å². The first kappa shape index (κ1) is 17.5. The Kier molecular flexibility index (Phi) is 5.11. The normalized spacial score (nSPS) is 12.1. The number of aromatic nitrogens is 1. The number of fused-ring (bicyclic) bond motifs is 1. The topological polar surface area (TPSA) is 82.2 Å². The van der Waals surface area contributed by atoms with Crippen LogP contribution in [-0.4, -0.2) is 22.0 Å². The van der Waals surface area contributed by atoms with Crippen LogP contribution in [-0.2, 0) is 16.0 Å². The molecule has 1 unspecified atom stereocenters. The van der Waals surface area contributed by atoms with Crippen LogP contribution in [0.5, 0.6) is 0 Å². The summed E-state index contributed by atoms with van der Waals surface area (Å²) in [5, 5.41) is 13.5. The molecule has 0 spiro atoms. The molecule has 5 nitrogen and oxygen atoms in total. The molecule has 0 radical (unpaired) electrons. The lowest BCUT2D eigenvalue weighted by Crippen LogP contribution is -2.34. The lowest BCUT2D eigenvalue weighted by atomic mass is 10.1. The second-order valence-electron chi connectivity index (χ2n) is 5.60. The van der Waals surface area contributed by atoms with Gasteiger partial charge in [-0.1, -0.05) is 39.7 Å². The highest BCUT2D eigenvalue weighted by Crippen LogP contribution is 2.21. The molecule has 0 fully saturated rings. The second kappa shape index (κ2) is 7.29. The molecule has 3 aromatic rings. The highest BCUT2D eigenvalue weighted by Gasteiger charge is 2.22. The van der Waals surface area contributed by atoms with Gasteiger partial charge in [-0.2, -0.15) is 0 Å². The molecule has 0 saturated carbocycles. The quantitative estimate of drug-likeness (QED) is 0.581. The maximum Gasteiger partial charge on any atom is 0.330 e. The molecule has 1 atom stereocenters. The van der Waals surface area contributed by atoms with Crippen molar-refractivity contribution in [3.05, 3.63) is 69.3 Å². The van der Waals surface area contributed by atoms with E-state index in [1.807, 2.05) is 12.1 Å². The zero-order valence-corrected chi connectivity index (χ0v) is 15.3. The molecule has 7 heteroatoms. The number of halogens is 2. The fraction of sp³-hybridized carbons (Fsp3) is 0.111. The Morgan fingerprint density at radius 2 is 2.00 bits per heavy atom. The van der Waals surface area contributed by atoms with Crippen molar-refractivity contribution in [1.82, 2.24) is 10.3 Å². The van der Waals surface area contributed by atoms with Crippen LogP contribution >= 0.6 is 27.5 Å². The molecular formula is C18H14BrClN2O3. The van der Waals surface area contributed by atoms with Gasteiger partial charge in [0.1, 0.15) is 0 Å². The van der Waals surface area contributed by atoms with Gasteiger partial charge in [0.15, 0.2) is 6.04 Å². The van der Waals surface area contributed by atoms with Crippen molar-refractivity contribution in [1.29, 1.82) is 0 Å². The number of carbonyl (C=O) groups is 2. The number of rotatable bonds is 5. The average molecular weight is 422 g/mol. The van der Waals surface area contributed by atoms with Gasteiger partial charge >= 0.3 is 5.97 Å². The molecule has 1 amide bonds. The Labute approximate surface area is 157 Å². The summed E-state index contributed by atoms with van der Waals surface area (Å²) in [5.74, 6) is -1.50. The number of amides is 1. The van der Waals surface area contributed by atoms with E-state index in [0.717, 1.165) is 15.4 Å². The summed E-state index contributed by atoms with van der Waals surface area (Å²) < 4.78 is 0.748. The van der Waals surface area contributed by atoms with Gasteiger partial charge in [-0.25, -0.2) is 4.79 Å². The zero-order valence-electron chi connectivity index (χ0n) is 12.9. The maximum absolute atomic E-state index is 12.3. The summed E-state index contributed by atoms with van der Waals surface area (Å²) >= 11 is 9.26. The Bertz CT molecular complexity index is 954. The van der Waals surface area contributed by atoms with E-state index in [9.17, 15) is 14.7 Å². The van der Waals surface area contributed by atoms with Crippen LogP contribution in [0.4, 0.5) is 0 Å². The monoisotopic (exact) mass is 420 g/mol. The summed E-state index contributed by atoms with van der Waals surface area (Å²) in [6, 6.07) is 13.0. The molecule has 0 aliphatic heterocycles. The molecule has 25 heavy (non-hydrogen) atoms. The molecule has 2 aromatic carbocycles. The third-order valence-corrected chi connectivity index (χ3v) is 4.45. The number of aliphatic carboxylic acids is 1. The van der Waals surface area contributed by atoms with Crippen LogP contribution in [0.1, 0.15) is 17.3 Å². The first-order valence-electron chi connectivity index (χ1n) is 7.47. The number of carbonyl (C=O) groups excluding carboxylic acids is 1. The Morgan fingerprint density at radius 1 is 1.20 bits per heavy atom. The smallest absolute Gasteiger partial charge is 0.330 e. The Hall–Kier alpha value is -2.31. The number of hydrogen-bond acceptors (Lipinski definition) is 2. The molecule has 1 aromatic heterocycles. The fourth-order valence-electron chi connectivity index (χ4n) is 2.62. The molecule has 128 valence electrons. The van der Waals surface area contributed by atoms with Crippen LogP contribution < -0.4 is 5.32 Å². The minimum Gasteiger partial charge on any atom is -0.479 e. The van der Waals surface area contributed by atoms with Crippen LogP contribution in [0, 0.1) is 0 Å². The molecule has 3 rings (SSSR count). The van der Waals surface area contributed by atoms with E-state index < -0.39 is 12.0 Å². The van der Waals surface area contributed by atoms with Crippen LogP contribution in [0.3, 0.4) is 0 Å². The highest BCUT2D eigenvalue weighted by molar-refractivity contribution is 9.10. The van der Waals surface area contributed by atoms with Gasteiger partial charge < -0.3 is 15.4 Å². The first-order chi connectivity index (χ1) is 11.9. The molecule has 1 heterocycles. The van der Waals surface area contributed by atoms with E-state index >= 15 is 0 Å². The highest BCUT2D eigenvalue weighted by atomic mass is 79.9. The number of hydrogen-bond donors (Lipinski definition) is 3. The predicted molar refractivity (Wildman–Crippen MR) is 99.7 cm³/mol. The van der Waals surface area contributed by atoms with Crippen molar-refractivity contribution in [2.75, 3.05) is 0 Å². The van der Waals surface area contributed by atoms with E-state index in [2.05, 4.69) is 26.2 Å². The summed E-state index contributed by atoms with van der Waals surface area (Å²) in [7, 11) is 0. The van der Waals surface area contributed by atoms with Crippen molar-refractivity contribution < 1.29 is 14.7 Å². The maximum atomic E-state index is 12.3. The van der Waals surface area contributed by atoms with Crippen molar-refractivity contribution in [2.24, 2.45) is 0 Å². The molecule has 0 saturated heterocycles. The van der Waals surface area contributed by atoms with E-state index in [-0.39, 0.29) is 12.3 Å². The lowest BCUT2D eigenvalue weighted by Gasteiger charge is -2.15. The zero-order chi connectivity index (χ0) is 18.0. The third-order valence-electron chi connectivity index (χ3n) is 3.72. The van der Waals surface area contributed by atoms with E-state index in [4.69, 9.17) is 11.6 Å². The first-order valence-corrected chi connectivity index (χ1v) is 8.64. The van der Waals surface area contributed by atoms with Crippen molar-refractivity contribution in [3.8, 4) is 0 Å². The van der Waals surface area contributed by atoms with Crippen LogP contribution in [0.15, 0.2) is 53.0 Å². The molecule has 0 aliphatic rings. The predicted octanol–water partition coefficient (Wildman–Crippen LogP) is 4.07. The summed E-state index contributed by atoms with van der Waals surface area (Å²) in [6.45, 7) is 0. The van der Waals surface area contributed by atoms with Gasteiger partial charge in [0.2, 0.25) is 5.91 Å². The number of H-pyrrole nitrogens is 1. The van der Waals surface area contributed by atoms with Gasteiger partial charge in [-0.3, -0.25) is 4.79 Å². The average Bonchev–Trinajstić information content (AvgIpc) is 2.93. The van der Waals surface area contributed by atoms with E-state index in [1.54, 1.807) is 36.4 Å². The molecular weight excluding hydrogens is 408 g/mol. The van der Waals surface area contributed by atoms with Gasteiger partial charge in [-0.05, 0) is 42.0 Å². The van der Waals surface area contributed by atoms with E-state index in [1.165, 1.54) is 0 Å². The van der Waals surface area contributed by atoms with Gasteiger partial charge in [0.05, 0.1) is 6.42 Å². The summed E-state index contributed by atoms with van der Waals surface area (Å²) in [5.41, 5.74) is 2.06. The summed E-state index contributed by atoms with van der Waals surface area (Å²) in [6.07, 6.45) is 0.0457. The SMILES string of the molecule is O=C(Cc1cc2cc(Cl)ccc2[nH]1)NC(C(=O)O)c1cccc(Br)c1. The second-order valence-corrected chi connectivity index (χ2v) is 6.95. The van der Waals surface area contributed by atoms with Crippen molar-refractivity contribution >= 4 is 50.3 Å². The van der Waals surface area contributed by atoms with E-state index in [0.29, 0.717) is 16.3 Å². The van der Waals surface area contributed by atoms with Gasteiger partial charge in [-0.15, -0.1) is 0 Å². The Balaban J connectivity index is 1.76. The minimum absolute atomic E-state index is 0.0457. The van der Waals surface area contributed by atoms with Crippen molar-refractivity contribution in [3.63, 3.8) is 0 Å².